The zero-order valence-electron chi connectivity index (χ0n) is 14.1. The van der Waals surface area contributed by atoms with Crippen molar-refractivity contribution >= 4 is 0 Å². The van der Waals surface area contributed by atoms with Gasteiger partial charge in [-0.05, 0) is 42.7 Å². The molecule has 5 nitrogen and oxygen atoms in total. The number of fused-ring (bicyclic) bond motifs is 1. The van der Waals surface area contributed by atoms with Gasteiger partial charge >= 0.3 is 0 Å². The fraction of sp³-hybridized carbons (Fsp3) is 0.474. The number of ether oxygens (including phenoxy) is 2. The topological polar surface area (TPSA) is 47.5 Å². The number of hydrogen-bond donors (Lipinski definition) is 0. The first kappa shape index (κ1) is 16.4. The van der Waals surface area contributed by atoms with Crippen LogP contribution in [0.1, 0.15) is 18.4 Å². The third kappa shape index (κ3) is 3.50. The van der Waals surface area contributed by atoms with E-state index in [4.69, 9.17) is 9.47 Å². The van der Waals surface area contributed by atoms with Gasteiger partial charge in [-0.1, -0.05) is 0 Å². The Morgan fingerprint density at radius 1 is 1.28 bits per heavy atom. The van der Waals surface area contributed by atoms with Crippen molar-refractivity contribution in [1.82, 2.24) is 14.9 Å². The molecule has 25 heavy (non-hydrogen) atoms. The average molecular weight is 343 g/mol. The van der Waals surface area contributed by atoms with Gasteiger partial charge < -0.3 is 9.47 Å². The molecule has 0 saturated carbocycles. The monoisotopic (exact) mass is 343 g/mol. The second-order valence-electron chi connectivity index (χ2n) is 6.91. The Hall–Kier alpha value is -2.05. The van der Waals surface area contributed by atoms with E-state index in [9.17, 15) is 4.39 Å². The van der Waals surface area contributed by atoms with E-state index in [0.717, 1.165) is 39.1 Å². The molecule has 2 aromatic rings. The van der Waals surface area contributed by atoms with Crippen molar-refractivity contribution < 1.29 is 13.9 Å². The van der Waals surface area contributed by atoms with Gasteiger partial charge in [-0.15, -0.1) is 0 Å². The lowest BCUT2D eigenvalue weighted by atomic mass is 9.77. The summed E-state index contributed by atoms with van der Waals surface area (Å²) in [7, 11) is 0. The predicted octanol–water partition coefficient (Wildman–Crippen LogP) is 2.68. The summed E-state index contributed by atoms with van der Waals surface area (Å²) in [6.45, 7) is 3.93. The van der Waals surface area contributed by atoms with E-state index in [-0.39, 0.29) is 17.4 Å². The number of likely N-dealkylation sites (tertiary alicyclic amines) is 1. The molecule has 0 radical (unpaired) electrons. The number of aromatic nitrogens is 2. The van der Waals surface area contributed by atoms with Crippen LogP contribution in [0.5, 0.6) is 5.88 Å². The summed E-state index contributed by atoms with van der Waals surface area (Å²) in [5, 5.41) is 0. The zero-order chi connectivity index (χ0) is 17.1. The van der Waals surface area contributed by atoms with Crippen molar-refractivity contribution in [2.75, 3.05) is 26.3 Å². The molecule has 4 rings (SSSR count). The molecule has 4 heterocycles. The third-order valence-electron chi connectivity index (χ3n) is 5.22. The van der Waals surface area contributed by atoms with Crippen LogP contribution >= 0.6 is 0 Å². The number of pyridine rings is 2. The number of rotatable bonds is 5. The highest BCUT2D eigenvalue weighted by Crippen LogP contribution is 2.41. The molecule has 2 aliphatic heterocycles. The van der Waals surface area contributed by atoms with Crippen LogP contribution in [-0.2, 0) is 11.3 Å². The SMILES string of the molecule is Fc1cccnc1OC[C@]12CCO[C@H]1CCN(Cc1ccncc1)C2. The van der Waals surface area contributed by atoms with E-state index >= 15 is 0 Å². The molecule has 0 spiro atoms. The lowest BCUT2D eigenvalue weighted by Crippen LogP contribution is -2.52. The summed E-state index contributed by atoms with van der Waals surface area (Å²) in [5.74, 6) is -0.340. The van der Waals surface area contributed by atoms with Crippen molar-refractivity contribution in [2.24, 2.45) is 5.41 Å². The first-order valence-electron chi connectivity index (χ1n) is 8.71. The van der Waals surface area contributed by atoms with E-state index in [2.05, 4.69) is 14.9 Å². The van der Waals surface area contributed by atoms with E-state index in [1.807, 2.05) is 24.5 Å². The highest BCUT2D eigenvalue weighted by molar-refractivity contribution is 5.14. The molecule has 0 amide bonds. The third-order valence-corrected chi connectivity index (χ3v) is 5.22. The van der Waals surface area contributed by atoms with E-state index in [1.54, 1.807) is 12.3 Å². The van der Waals surface area contributed by atoms with Crippen LogP contribution in [-0.4, -0.2) is 47.3 Å². The highest BCUT2D eigenvalue weighted by Gasteiger charge is 2.48. The van der Waals surface area contributed by atoms with Gasteiger partial charge in [0.15, 0.2) is 5.82 Å². The van der Waals surface area contributed by atoms with Gasteiger partial charge in [0.2, 0.25) is 5.88 Å². The van der Waals surface area contributed by atoms with Crippen molar-refractivity contribution in [3.8, 4) is 5.88 Å². The first-order valence-corrected chi connectivity index (χ1v) is 8.71. The van der Waals surface area contributed by atoms with Gasteiger partial charge in [-0.3, -0.25) is 9.88 Å². The molecule has 132 valence electrons. The summed E-state index contributed by atoms with van der Waals surface area (Å²) < 4.78 is 25.5. The summed E-state index contributed by atoms with van der Waals surface area (Å²) in [4.78, 5) is 10.5. The van der Waals surface area contributed by atoms with Crippen LogP contribution < -0.4 is 4.74 Å². The van der Waals surface area contributed by atoms with Crippen LogP contribution in [0.25, 0.3) is 0 Å². The molecule has 0 aromatic carbocycles. The van der Waals surface area contributed by atoms with Crippen molar-refractivity contribution in [1.29, 1.82) is 0 Å². The first-order chi connectivity index (χ1) is 12.3. The Morgan fingerprint density at radius 2 is 2.16 bits per heavy atom. The largest absolute Gasteiger partial charge is 0.475 e. The molecule has 2 aliphatic rings. The maximum atomic E-state index is 13.8. The standard InChI is InChI=1S/C19H22FN3O2/c20-16-2-1-7-22-18(16)25-14-19-6-11-24-17(19)5-10-23(13-19)12-15-3-8-21-9-4-15/h1-4,7-9,17H,5-6,10-14H2/t17-,19+/m0/s1. The Kier molecular flexibility index (Phi) is 4.63. The molecule has 0 unspecified atom stereocenters. The predicted molar refractivity (Wildman–Crippen MR) is 90.6 cm³/mol. The van der Waals surface area contributed by atoms with Crippen molar-refractivity contribution in [3.05, 3.63) is 54.2 Å². The molecule has 2 fully saturated rings. The van der Waals surface area contributed by atoms with Gasteiger partial charge in [0, 0.05) is 50.2 Å². The summed E-state index contributed by atoms with van der Waals surface area (Å²) >= 11 is 0. The van der Waals surface area contributed by atoms with Crippen molar-refractivity contribution in [2.45, 2.75) is 25.5 Å². The second-order valence-corrected chi connectivity index (χ2v) is 6.91. The van der Waals surface area contributed by atoms with Gasteiger partial charge in [0.1, 0.15) is 0 Å². The second kappa shape index (κ2) is 7.06. The Bertz CT molecular complexity index is 715. The molecule has 0 bridgehead atoms. The minimum absolute atomic E-state index is 0.0776. The lowest BCUT2D eigenvalue weighted by molar-refractivity contribution is -0.0425. The van der Waals surface area contributed by atoms with Crippen LogP contribution in [0.15, 0.2) is 42.9 Å². The molecule has 0 N–H and O–H groups in total. The fourth-order valence-electron chi connectivity index (χ4n) is 3.92. The number of piperidine rings is 1. The zero-order valence-corrected chi connectivity index (χ0v) is 14.1. The molecule has 2 saturated heterocycles. The van der Waals surface area contributed by atoms with Crippen molar-refractivity contribution in [3.63, 3.8) is 0 Å². The average Bonchev–Trinajstić information content (AvgIpc) is 3.05. The van der Waals surface area contributed by atoms with E-state index < -0.39 is 5.82 Å². The lowest BCUT2D eigenvalue weighted by Gasteiger charge is -2.43. The highest BCUT2D eigenvalue weighted by atomic mass is 19.1. The maximum Gasteiger partial charge on any atom is 0.250 e. The molecule has 2 aromatic heterocycles. The summed E-state index contributed by atoms with van der Waals surface area (Å²) in [6.07, 6.45) is 7.27. The maximum absolute atomic E-state index is 13.8. The van der Waals surface area contributed by atoms with Gasteiger partial charge in [-0.2, -0.15) is 0 Å². The Balaban J connectivity index is 1.46. The van der Waals surface area contributed by atoms with Crippen LogP contribution in [0.3, 0.4) is 0 Å². The van der Waals surface area contributed by atoms with E-state index in [1.165, 1.54) is 11.6 Å². The molecule has 2 atom stereocenters. The Morgan fingerprint density at radius 3 is 3.00 bits per heavy atom. The molecule has 6 heteroatoms. The van der Waals surface area contributed by atoms with Crippen LogP contribution in [0, 0.1) is 11.2 Å². The number of nitrogens with zero attached hydrogens (tertiary/aromatic N) is 3. The van der Waals surface area contributed by atoms with Crippen LogP contribution in [0.4, 0.5) is 4.39 Å². The quantitative estimate of drug-likeness (QED) is 0.835. The molecule has 0 aliphatic carbocycles. The smallest absolute Gasteiger partial charge is 0.250 e. The Labute approximate surface area is 146 Å². The minimum Gasteiger partial charge on any atom is -0.475 e. The van der Waals surface area contributed by atoms with Gasteiger partial charge in [0.25, 0.3) is 0 Å². The van der Waals surface area contributed by atoms with Gasteiger partial charge in [0.05, 0.1) is 12.7 Å². The van der Waals surface area contributed by atoms with E-state index in [0.29, 0.717) is 6.61 Å². The minimum atomic E-state index is -0.418. The van der Waals surface area contributed by atoms with Gasteiger partial charge in [-0.25, -0.2) is 9.37 Å². The normalized spacial score (nSPS) is 26.4. The number of halogens is 1. The summed E-state index contributed by atoms with van der Waals surface area (Å²) in [5.41, 5.74) is 1.15. The molecular formula is C19H22FN3O2. The van der Waals surface area contributed by atoms with Crippen LogP contribution in [0.2, 0.25) is 0 Å². The number of hydrogen-bond acceptors (Lipinski definition) is 5. The molecular weight excluding hydrogens is 321 g/mol. The fourth-order valence-corrected chi connectivity index (χ4v) is 3.92. The summed E-state index contributed by atoms with van der Waals surface area (Å²) in [6, 6.07) is 7.03.